The summed E-state index contributed by atoms with van der Waals surface area (Å²) in [7, 11) is -4.91. The molecule has 2 fully saturated rings. The average molecular weight is 866 g/mol. The van der Waals surface area contributed by atoms with Crippen molar-refractivity contribution in [1.29, 1.82) is 0 Å². The predicted octanol–water partition coefficient (Wildman–Crippen LogP) is 7.52. The average Bonchev–Trinajstić information content (AvgIpc) is 3.69. The number of carbonyl (C=O) groups excluding carboxylic acids is 3. The van der Waals surface area contributed by atoms with E-state index in [0.29, 0.717) is 5.56 Å². The number of ether oxygens (including phenoxy) is 7. The minimum absolute atomic E-state index is 0.126. The number of benzene rings is 3. The lowest BCUT2D eigenvalue weighted by Gasteiger charge is -2.44. The lowest BCUT2D eigenvalue weighted by atomic mass is 10.1. The SMILES string of the molecule is CC(C)(C)[Si](C)(C)O[C@@H]1[C@@H](OCCN)O[C@H](CO[C@H]2O[C@H](COC(=O)c3ccccc3)[C@@H](OC(=O)c3ccccc3)[C@@H]2OC(=O)c2ccccc2)[C@H]1O[Si](C)(C)C(C)(C)C. The number of hydrogen-bond acceptors (Lipinski definition) is 13. The van der Waals surface area contributed by atoms with Crippen molar-refractivity contribution in [1.82, 2.24) is 0 Å². The number of rotatable bonds is 17. The molecule has 2 heterocycles. The Balaban J connectivity index is 1.49. The molecule has 328 valence electrons. The fourth-order valence-corrected chi connectivity index (χ4v) is 8.81. The summed E-state index contributed by atoms with van der Waals surface area (Å²) in [4.78, 5) is 40.5. The van der Waals surface area contributed by atoms with Gasteiger partial charge in [0.1, 0.15) is 31.0 Å². The van der Waals surface area contributed by atoms with E-state index in [-0.39, 0.29) is 47.6 Å². The Bertz CT molecular complexity index is 1850. The van der Waals surface area contributed by atoms with Gasteiger partial charge in [0.2, 0.25) is 0 Å². The quantitative estimate of drug-likeness (QED) is 0.0807. The first-order valence-corrected chi connectivity index (χ1v) is 26.4. The molecule has 0 aromatic heterocycles. The molecule has 2 saturated heterocycles. The van der Waals surface area contributed by atoms with Gasteiger partial charge in [0.15, 0.2) is 41.4 Å². The van der Waals surface area contributed by atoms with Gasteiger partial charge >= 0.3 is 17.9 Å². The fourth-order valence-electron chi connectivity index (χ4n) is 6.21. The van der Waals surface area contributed by atoms with E-state index < -0.39 is 83.7 Å². The second kappa shape index (κ2) is 19.9. The maximum absolute atomic E-state index is 13.7. The van der Waals surface area contributed by atoms with E-state index in [1.54, 1.807) is 91.0 Å². The zero-order valence-electron chi connectivity index (χ0n) is 36.6. The lowest BCUT2D eigenvalue weighted by Crippen LogP contribution is -2.55. The molecule has 15 heteroatoms. The Morgan fingerprint density at radius 1 is 0.550 bits per heavy atom. The Kier molecular flexibility index (Phi) is 15.7. The van der Waals surface area contributed by atoms with E-state index in [2.05, 4.69) is 67.7 Å². The molecule has 3 aromatic carbocycles. The summed E-state index contributed by atoms with van der Waals surface area (Å²) in [6, 6.07) is 25.3. The molecule has 8 atom stereocenters. The number of hydrogen-bond donors (Lipinski definition) is 1. The van der Waals surface area contributed by atoms with Gasteiger partial charge in [-0.05, 0) is 72.7 Å². The van der Waals surface area contributed by atoms with Gasteiger partial charge in [0.05, 0.1) is 29.9 Å². The van der Waals surface area contributed by atoms with E-state index in [0.717, 1.165) is 0 Å². The highest BCUT2D eigenvalue weighted by Gasteiger charge is 2.56. The molecule has 2 N–H and O–H groups in total. The van der Waals surface area contributed by atoms with Crippen LogP contribution in [-0.2, 0) is 42.0 Å². The van der Waals surface area contributed by atoms with Gasteiger partial charge in [-0.2, -0.15) is 0 Å². The van der Waals surface area contributed by atoms with Crippen molar-refractivity contribution < 1.29 is 56.4 Å². The number of esters is 3. The van der Waals surface area contributed by atoms with Crippen molar-refractivity contribution in [2.75, 3.05) is 26.4 Å². The van der Waals surface area contributed by atoms with Crippen molar-refractivity contribution >= 4 is 34.5 Å². The summed E-state index contributed by atoms with van der Waals surface area (Å²) in [6.45, 7) is 21.6. The topological polar surface area (TPSA) is 160 Å². The molecule has 5 rings (SSSR count). The van der Waals surface area contributed by atoms with Crippen LogP contribution in [0.1, 0.15) is 72.6 Å². The first kappa shape index (κ1) is 47.3. The van der Waals surface area contributed by atoms with Crippen LogP contribution < -0.4 is 5.73 Å². The fraction of sp³-hybridized carbons (Fsp3) is 0.533. The van der Waals surface area contributed by atoms with E-state index in [1.165, 1.54) is 0 Å². The van der Waals surface area contributed by atoms with Crippen LogP contribution in [0.5, 0.6) is 0 Å². The highest BCUT2D eigenvalue weighted by Crippen LogP contribution is 2.44. The van der Waals surface area contributed by atoms with Crippen LogP contribution >= 0.6 is 0 Å². The third kappa shape index (κ3) is 11.8. The largest absolute Gasteiger partial charge is 0.459 e. The van der Waals surface area contributed by atoms with Crippen molar-refractivity contribution in [2.45, 2.75) is 127 Å². The molecule has 3 aromatic rings. The first-order chi connectivity index (χ1) is 28.2. The number of nitrogens with two attached hydrogens (primary N) is 1. The second-order valence-corrected chi connectivity index (χ2v) is 27.7. The molecule has 2 aliphatic heterocycles. The third-order valence-corrected chi connectivity index (χ3v) is 20.7. The molecular formula is C45H63NO12Si2. The summed E-state index contributed by atoms with van der Waals surface area (Å²) >= 11 is 0. The monoisotopic (exact) mass is 865 g/mol. The van der Waals surface area contributed by atoms with Gasteiger partial charge in [0, 0.05) is 6.54 Å². The zero-order valence-corrected chi connectivity index (χ0v) is 38.6. The lowest BCUT2D eigenvalue weighted by molar-refractivity contribution is -0.205. The normalized spacial score (nSPS) is 24.9. The van der Waals surface area contributed by atoms with E-state index in [4.69, 9.17) is 47.7 Å². The van der Waals surface area contributed by atoms with Crippen LogP contribution in [0.4, 0.5) is 0 Å². The third-order valence-electron chi connectivity index (χ3n) is 11.7. The molecule has 0 amide bonds. The standard InChI is InChI=1S/C45H63NO12Si2/c1-44(2,3)59(7,8)57-36-34(54-43(50-27-26-46)38(36)58-60(9,10)45(4,5)6)29-52-42-37(56-41(49)32-24-18-13-19-25-32)35(55-40(48)31-22-16-12-17-23-31)33(53-42)28-51-39(47)30-20-14-11-15-21-30/h11-25,33-38,42-43H,26-29,46H2,1-10H3/t33-,34-,35-,36-,37+,38+,42+,43+/m1/s1. The maximum Gasteiger partial charge on any atom is 0.338 e. The molecule has 2 aliphatic rings. The highest BCUT2D eigenvalue weighted by molar-refractivity contribution is 6.74. The van der Waals surface area contributed by atoms with Crippen LogP contribution in [-0.4, -0.2) is 110 Å². The molecule has 0 radical (unpaired) electrons. The van der Waals surface area contributed by atoms with Gasteiger partial charge in [-0.25, -0.2) is 14.4 Å². The molecule has 13 nitrogen and oxygen atoms in total. The van der Waals surface area contributed by atoms with Gasteiger partial charge in [-0.1, -0.05) is 96.1 Å². The van der Waals surface area contributed by atoms with Gasteiger partial charge < -0.3 is 47.7 Å². The molecule has 0 unspecified atom stereocenters. The van der Waals surface area contributed by atoms with Crippen LogP contribution in [0, 0.1) is 0 Å². The second-order valence-electron chi connectivity index (χ2n) is 18.2. The summed E-state index contributed by atoms with van der Waals surface area (Å²) in [5, 5.41) is -0.304. The van der Waals surface area contributed by atoms with Crippen LogP contribution in [0.3, 0.4) is 0 Å². The minimum Gasteiger partial charge on any atom is -0.459 e. The number of carbonyl (C=O) groups is 3. The molecule has 60 heavy (non-hydrogen) atoms. The van der Waals surface area contributed by atoms with Gasteiger partial charge in [0.25, 0.3) is 0 Å². The molecular weight excluding hydrogens is 803 g/mol. The predicted molar refractivity (Wildman–Crippen MR) is 230 cm³/mol. The molecule has 0 bridgehead atoms. The first-order valence-electron chi connectivity index (χ1n) is 20.6. The Morgan fingerprint density at radius 3 is 1.40 bits per heavy atom. The van der Waals surface area contributed by atoms with Crippen molar-refractivity contribution in [3.63, 3.8) is 0 Å². The van der Waals surface area contributed by atoms with Crippen molar-refractivity contribution in [2.24, 2.45) is 5.73 Å². The van der Waals surface area contributed by atoms with Crippen LogP contribution in [0.15, 0.2) is 91.0 Å². The summed E-state index contributed by atoms with van der Waals surface area (Å²) in [5.74, 6) is -2.01. The Hall–Kier alpha value is -3.78. The maximum atomic E-state index is 13.7. The van der Waals surface area contributed by atoms with Crippen molar-refractivity contribution in [3.05, 3.63) is 108 Å². The molecule has 0 aliphatic carbocycles. The summed E-state index contributed by atoms with van der Waals surface area (Å²) < 4.78 is 57.9. The Morgan fingerprint density at radius 2 is 0.950 bits per heavy atom. The van der Waals surface area contributed by atoms with Gasteiger partial charge in [-0.3, -0.25) is 0 Å². The van der Waals surface area contributed by atoms with E-state index >= 15 is 0 Å². The van der Waals surface area contributed by atoms with E-state index in [1.807, 2.05) is 0 Å². The Labute approximate surface area is 356 Å². The summed E-state index contributed by atoms with van der Waals surface area (Å²) in [6.07, 6.45) is -7.83. The molecule has 0 spiro atoms. The van der Waals surface area contributed by atoms with E-state index in [9.17, 15) is 14.4 Å². The van der Waals surface area contributed by atoms with Crippen molar-refractivity contribution in [3.8, 4) is 0 Å². The van der Waals surface area contributed by atoms with Gasteiger partial charge in [-0.15, -0.1) is 0 Å². The van der Waals surface area contributed by atoms with Crippen LogP contribution in [0.2, 0.25) is 36.3 Å². The summed E-state index contributed by atoms with van der Waals surface area (Å²) in [5.41, 5.74) is 6.74. The van der Waals surface area contributed by atoms with Crippen LogP contribution in [0.25, 0.3) is 0 Å². The molecule has 0 saturated carbocycles. The minimum atomic E-state index is -2.48. The highest BCUT2D eigenvalue weighted by atomic mass is 28.4. The smallest absolute Gasteiger partial charge is 0.338 e. The zero-order chi connectivity index (χ0) is 43.9.